The number of rotatable bonds is 5. The molecular formula is C11H14BrN3OS. The van der Waals surface area contributed by atoms with E-state index in [0.29, 0.717) is 11.7 Å². The summed E-state index contributed by atoms with van der Waals surface area (Å²) >= 11 is 4.98. The van der Waals surface area contributed by atoms with E-state index >= 15 is 0 Å². The van der Waals surface area contributed by atoms with Gasteiger partial charge in [-0.15, -0.1) is 11.3 Å². The number of hydrogen-bond donors (Lipinski definition) is 1. The second-order valence-corrected chi connectivity index (χ2v) is 6.27. The van der Waals surface area contributed by atoms with Crippen LogP contribution in [0.4, 0.5) is 0 Å². The van der Waals surface area contributed by atoms with Crippen molar-refractivity contribution in [2.24, 2.45) is 5.73 Å². The third kappa shape index (κ3) is 3.14. The molecule has 92 valence electrons. The van der Waals surface area contributed by atoms with Gasteiger partial charge < -0.3 is 10.3 Å². The number of nitrogens with zero attached hydrogens (tertiary/aromatic N) is 2. The summed E-state index contributed by atoms with van der Waals surface area (Å²) in [6.07, 6.45) is 3.07. The summed E-state index contributed by atoms with van der Waals surface area (Å²) in [5.41, 5.74) is 5.98. The van der Waals surface area contributed by atoms with Gasteiger partial charge >= 0.3 is 0 Å². The zero-order chi connectivity index (χ0) is 12.3. The van der Waals surface area contributed by atoms with Crippen LogP contribution in [0.15, 0.2) is 20.4 Å². The van der Waals surface area contributed by atoms with Crippen LogP contribution in [0, 0.1) is 0 Å². The van der Waals surface area contributed by atoms with Crippen molar-refractivity contribution in [2.45, 2.75) is 32.2 Å². The van der Waals surface area contributed by atoms with Crippen molar-refractivity contribution < 1.29 is 4.52 Å². The molecule has 0 aromatic carbocycles. The van der Waals surface area contributed by atoms with Crippen LogP contribution in [0.2, 0.25) is 0 Å². The number of halogens is 1. The Bertz CT molecular complexity index is 483. The summed E-state index contributed by atoms with van der Waals surface area (Å²) in [6.45, 7) is 2.13. The second kappa shape index (κ2) is 5.75. The Morgan fingerprint density at radius 3 is 3.00 bits per heavy atom. The van der Waals surface area contributed by atoms with E-state index in [1.54, 1.807) is 11.3 Å². The quantitative estimate of drug-likeness (QED) is 0.912. The van der Waals surface area contributed by atoms with Crippen molar-refractivity contribution in [1.82, 2.24) is 10.1 Å². The van der Waals surface area contributed by atoms with Gasteiger partial charge in [-0.05, 0) is 34.5 Å². The SMILES string of the molecule is CCCC[C@H](N)c1nc(-c2ccc(Br)s2)no1. The third-order valence-corrected chi connectivity index (χ3v) is 4.04. The minimum atomic E-state index is -0.153. The van der Waals surface area contributed by atoms with E-state index in [-0.39, 0.29) is 6.04 Å². The number of hydrogen-bond acceptors (Lipinski definition) is 5. The molecule has 2 aromatic heterocycles. The summed E-state index contributed by atoms with van der Waals surface area (Å²) in [4.78, 5) is 5.31. The smallest absolute Gasteiger partial charge is 0.243 e. The largest absolute Gasteiger partial charge is 0.337 e. The first-order chi connectivity index (χ1) is 8.20. The molecule has 0 unspecified atom stereocenters. The van der Waals surface area contributed by atoms with Gasteiger partial charge in [-0.3, -0.25) is 0 Å². The highest BCUT2D eigenvalue weighted by atomic mass is 79.9. The lowest BCUT2D eigenvalue weighted by molar-refractivity contribution is 0.346. The maximum absolute atomic E-state index is 5.98. The van der Waals surface area contributed by atoms with Crippen LogP contribution in [0.1, 0.15) is 38.1 Å². The first-order valence-electron chi connectivity index (χ1n) is 5.55. The normalized spacial score (nSPS) is 12.9. The fourth-order valence-corrected chi connectivity index (χ4v) is 2.78. The van der Waals surface area contributed by atoms with Gasteiger partial charge in [-0.25, -0.2) is 0 Å². The maximum atomic E-state index is 5.98. The van der Waals surface area contributed by atoms with E-state index in [0.717, 1.165) is 27.9 Å². The molecule has 1 atom stereocenters. The Morgan fingerprint density at radius 2 is 2.35 bits per heavy atom. The van der Waals surface area contributed by atoms with Crippen LogP contribution >= 0.6 is 27.3 Å². The maximum Gasteiger partial charge on any atom is 0.243 e. The Kier molecular flexibility index (Phi) is 4.31. The Hall–Kier alpha value is -0.720. The zero-order valence-corrected chi connectivity index (χ0v) is 11.9. The molecule has 0 aliphatic carbocycles. The monoisotopic (exact) mass is 315 g/mol. The van der Waals surface area contributed by atoms with E-state index in [1.807, 2.05) is 12.1 Å². The molecule has 2 N–H and O–H groups in total. The predicted molar refractivity (Wildman–Crippen MR) is 71.8 cm³/mol. The van der Waals surface area contributed by atoms with E-state index in [1.165, 1.54) is 0 Å². The highest BCUT2D eigenvalue weighted by molar-refractivity contribution is 9.11. The predicted octanol–water partition coefficient (Wildman–Crippen LogP) is 3.75. The van der Waals surface area contributed by atoms with Crippen molar-refractivity contribution in [2.75, 3.05) is 0 Å². The molecule has 0 bridgehead atoms. The van der Waals surface area contributed by atoms with E-state index < -0.39 is 0 Å². The van der Waals surface area contributed by atoms with Crippen molar-refractivity contribution in [3.63, 3.8) is 0 Å². The highest BCUT2D eigenvalue weighted by Gasteiger charge is 2.16. The van der Waals surface area contributed by atoms with Gasteiger partial charge in [0.1, 0.15) is 0 Å². The van der Waals surface area contributed by atoms with Gasteiger partial charge in [-0.2, -0.15) is 4.98 Å². The lowest BCUT2D eigenvalue weighted by Gasteiger charge is -2.03. The number of nitrogens with two attached hydrogens (primary N) is 1. The van der Waals surface area contributed by atoms with Crippen LogP contribution in [0.25, 0.3) is 10.7 Å². The summed E-state index contributed by atoms with van der Waals surface area (Å²) in [5, 5.41) is 3.95. The van der Waals surface area contributed by atoms with Crippen LogP contribution in [-0.2, 0) is 0 Å². The molecule has 17 heavy (non-hydrogen) atoms. The molecule has 0 fully saturated rings. The van der Waals surface area contributed by atoms with Gasteiger partial charge in [0.25, 0.3) is 0 Å². The van der Waals surface area contributed by atoms with Crippen LogP contribution in [-0.4, -0.2) is 10.1 Å². The standard InChI is InChI=1S/C11H14BrN3OS/c1-2-3-4-7(13)11-14-10(15-16-11)8-5-6-9(12)17-8/h5-7H,2-4,13H2,1H3/t7-/m0/s1. The lowest BCUT2D eigenvalue weighted by Crippen LogP contribution is -2.10. The zero-order valence-electron chi connectivity index (χ0n) is 9.52. The number of unbranched alkanes of at least 4 members (excludes halogenated alkanes) is 1. The Morgan fingerprint density at radius 1 is 1.53 bits per heavy atom. The van der Waals surface area contributed by atoms with Crippen molar-refractivity contribution >= 4 is 27.3 Å². The molecule has 0 saturated carbocycles. The molecule has 4 nitrogen and oxygen atoms in total. The van der Waals surface area contributed by atoms with Crippen LogP contribution in [0.3, 0.4) is 0 Å². The lowest BCUT2D eigenvalue weighted by atomic mass is 10.1. The van der Waals surface area contributed by atoms with Crippen molar-refractivity contribution in [3.8, 4) is 10.7 Å². The third-order valence-electron chi connectivity index (χ3n) is 2.42. The van der Waals surface area contributed by atoms with E-state index in [2.05, 4.69) is 33.0 Å². The molecule has 0 aliphatic heterocycles. The average Bonchev–Trinajstić information content (AvgIpc) is 2.93. The van der Waals surface area contributed by atoms with Crippen molar-refractivity contribution in [1.29, 1.82) is 0 Å². The minimum absolute atomic E-state index is 0.153. The summed E-state index contributed by atoms with van der Waals surface area (Å²) < 4.78 is 6.24. The second-order valence-electron chi connectivity index (χ2n) is 3.81. The van der Waals surface area contributed by atoms with Gasteiger partial charge in [0.05, 0.1) is 14.7 Å². The number of thiophene rings is 1. The molecule has 2 rings (SSSR count). The molecule has 0 saturated heterocycles. The van der Waals surface area contributed by atoms with Crippen LogP contribution in [0.5, 0.6) is 0 Å². The first-order valence-corrected chi connectivity index (χ1v) is 7.16. The van der Waals surface area contributed by atoms with E-state index in [9.17, 15) is 0 Å². The van der Waals surface area contributed by atoms with Crippen LogP contribution < -0.4 is 5.73 Å². The van der Waals surface area contributed by atoms with Gasteiger partial charge in [0.15, 0.2) is 0 Å². The molecule has 0 spiro atoms. The molecule has 2 aromatic rings. The molecule has 2 heterocycles. The molecular weight excluding hydrogens is 302 g/mol. The molecule has 0 aliphatic rings. The fraction of sp³-hybridized carbons (Fsp3) is 0.455. The summed E-state index contributed by atoms with van der Waals surface area (Å²) in [7, 11) is 0. The molecule has 0 radical (unpaired) electrons. The summed E-state index contributed by atoms with van der Waals surface area (Å²) in [5.74, 6) is 1.14. The van der Waals surface area contributed by atoms with E-state index in [4.69, 9.17) is 10.3 Å². The fourth-order valence-electron chi connectivity index (χ4n) is 1.47. The highest BCUT2D eigenvalue weighted by Crippen LogP contribution is 2.30. The van der Waals surface area contributed by atoms with Gasteiger partial charge in [-0.1, -0.05) is 24.9 Å². The number of aromatic nitrogens is 2. The van der Waals surface area contributed by atoms with Gasteiger partial charge in [0, 0.05) is 0 Å². The van der Waals surface area contributed by atoms with Gasteiger partial charge in [0.2, 0.25) is 11.7 Å². The topological polar surface area (TPSA) is 64.9 Å². The average molecular weight is 316 g/mol. The summed E-state index contributed by atoms with van der Waals surface area (Å²) in [6, 6.07) is 3.77. The first kappa shape index (κ1) is 12.7. The molecule has 0 amide bonds. The minimum Gasteiger partial charge on any atom is -0.337 e. The van der Waals surface area contributed by atoms with Crippen molar-refractivity contribution in [3.05, 3.63) is 21.8 Å². The molecule has 6 heteroatoms. The Labute approximate surface area is 112 Å². The Balaban J connectivity index is 2.10.